The van der Waals surface area contributed by atoms with Crippen LogP contribution in [0.1, 0.15) is 23.2 Å². The summed E-state index contributed by atoms with van der Waals surface area (Å²) in [5.41, 5.74) is -0.183. The summed E-state index contributed by atoms with van der Waals surface area (Å²) in [7, 11) is 0. The van der Waals surface area contributed by atoms with E-state index in [0.29, 0.717) is 44.6 Å². The van der Waals surface area contributed by atoms with Crippen molar-refractivity contribution < 1.29 is 14.7 Å². The molecule has 0 spiro atoms. The maximum absolute atomic E-state index is 13.5. The van der Waals surface area contributed by atoms with Gasteiger partial charge in [0.1, 0.15) is 11.3 Å². The number of aromatic nitrogens is 2. The SMILES string of the molecule is Cl.O=C(c1cccc(O)c1)N1CCN(C(=O)C2(n3cccn3)CCNCC2)CC1. The van der Waals surface area contributed by atoms with Crippen LogP contribution in [-0.4, -0.2) is 75.8 Å². The molecule has 1 aromatic heterocycles. The van der Waals surface area contributed by atoms with Gasteiger partial charge in [-0.15, -0.1) is 12.4 Å². The standard InChI is InChI=1S/C20H25N5O3.ClH/c26-17-4-1-3-16(15-17)18(27)23-11-13-24(14-12-23)19(28)20(5-8-21-9-6-20)25-10-2-7-22-25;/h1-4,7,10,15,21,26H,5-6,8-9,11-14H2;1H. The van der Waals surface area contributed by atoms with E-state index in [1.807, 2.05) is 17.2 Å². The zero-order valence-corrected chi connectivity index (χ0v) is 17.0. The zero-order valence-electron chi connectivity index (χ0n) is 16.2. The molecule has 29 heavy (non-hydrogen) atoms. The van der Waals surface area contributed by atoms with Crippen LogP contribution in [0.3, 0.4) is 0 Å². The number of benzene rings is 1. The number of aromatic hydroxyl groups is 1. The van der Waals surface area contributed by atoms with Crippen LogP contribution in [0.25, 0.3) is 0 Å². The van der Waals surface area contributed by atoms with Gasteiger partial charge in [-0.3, -0.25) is 14.3 Å². The summed E-state index contributed by atoms with van der Waals surface area (Å²) >= 11 is 0. The molecule has 0 bridgehead atoms. The number of phenolic OH excluding ortho intramolecular Hbond substituents is 1. The second kappa shape index (κ2) is 8.84. The molecule has 2 amide bonds. The molecule has 156 valence electrons. The van der Waals surface area contributed by atoms with Gasteiger partial charge in [-0.2, -0.15) is 5.10 Å². The fourth-order valence-corrected chi connectivity index (χ4v) is 4.13. The highest BCUT2D eigenvalue weighted by Gasteiger charge is 2.45. The molecular weight excluding hydrogens is 394 g/mol. The molecule has 2 saturated heterocycles. The van der Waals surface area contributed by atoms with Crippen molar-refractivity contribution in [3.63, 3.8) is 0 Å². The van der Waals surface area contributed by atoms with Crippen molar-refractivity contribution in [1.82, 2.24) is 24.9 Å². The summed E-state index contributed by atoms with van der Waals surface area (Å²) in [6.45, 7) is 3.52. The summed E-state index contributed by atoms with van der Waals surface area (Å²) in [4.78, 5) is 29.7. The van der Waals surface area contributed by atoms with E-state index in [2.05, 4.69) is 10.4 Å². The van der Waals surface area contributed by atoms with E-state index in [4.69, 9.17) is 0 Å². The maximum Gasteiger partial charge on any atom is 0.254 e. The number of hydrogen-bond donors (Lipinski definition) is 2. The Morgan fingerprint density at radius 3 is 2.34 bits per heavy atom. The average molecular weight is 420 g/mol. The van der Waals surface area contributed by atoms with Crippen LogP contribution in [0.2, 0.25) is 0 Å². The predicted molar refractivity (Wildman–Crippen MR) is 110 cm³/mol. The third-order valence-electron chi connectivity index (χ3n) is 5.72. The zero-order chi connectivity index (χ0) is 19.6. The Balaban J connectivity index is 0.00000240. The number of rotatable bonds is 3. The largest absolute Gasteiger partial charge is 0.508 e. The summed E-state index contributed by atoms with van der Waals surface area (Å²) in [6, 6.07) is 8.22. The summed E-state index contributed by atoms with van der Waals surface area (Å²) in [6.07, 6.45) is 4.99. The van der Waals surface area contributed by atoms with Crippen LogP contribution < -0.4 is 5.32 Å². The quantitative estimate of drug-likeness (QED) is 0.776. The first-order chi connectivity index (χ1) is 13.6. The van der Waals surface area contributed by atoms with Crippen molar-refractivity contribution in [1.29, 1.82) is 0 Å². The average Bonchev–Trinajstić information content (AvgIpc) is 3.29. The predicted octanol–water partition coefficient (Wildman–Crippen LogP) is 1.07. The molecule has 2 aromatic rings. The molecule has 0 radical (unpaired) electrons. The second-order valence-electron chi connectivity index (χ2n) is 7.37. The van der Waals surface area contributed by atoms with Crippen LogP contribution >= 0.6 is 12.4 Å². The molecule has 0 saturated carbocycles. The molecule has 3 heterocycles. The summed E-state index contributed by atoms with van der Waals surface area (Å²) in [5.74, 6) is 0.0422. The van der Waals surface area contributed by atoms with E-state index in [-0.39, 0.29) is 30.0 Å². The van der Waals surface area contributed by atoms with Crippen LogP contribution in [0.4, 0.5) is 0 Å². The van der Waals surface area contributed by atoms with Crippen LogP contribution in [-0.2, 0) is 10.3 Å². The van der Waals surface area contributed by atoms with Gasteiger partial charge in [0.2, 0.25) is 0 Å². The second-order valence-corrected chi connectivity index (χ2v) is 7.37. The number of nitrogens with zero attached hydrogens (tertiary/aromatic N) is 4. The van der Waals surface area contributed by atoms with Crippen molar-refractivity contribution >= 4 is 24.2 Å². The minimum Gasteiger partial charge on any atom is -0.508 e. The van der Waals surface area contributed by atoms with E-state index in [9.17, 15) is 14.7 Å². The number of piperidine rings is 1. The number of hydrogen-bond acceptors (Lipinski definition) is 5. The molecule has 9 heteroatoms. The van der Waals surface area contributed by atoms with Gasteiger partial charge < -0.3 is 20.2 Å². The number of phenols is 1. The smallest absolute Gasteiger partial charge is 0.254 e. The molecule has 2 aliphatic rings. The van der Waals surface area contributed by atoms with E-state index in [1.54, 1.807) is 34.0 Å². The number of nitrogens with one attached hydrogen (secondary N) is 1. The first-order valence-electron chi connectivity index (χ1n) is 9.69. The minimum absolute atomic E-state index is 0. The van der Waals surface area contributed by atoms with Crippen molar-refractivity contribution in [3.05, 3.63) is 48.3 Å². The first-order valence-corrected chi connectivity index (χ1v) is 9.69. The molecule has 0 atom stereocenters. The third-order valence-corrected chi connectivity index (χ3v) is 5.72. The highest BCUT2D eigenvalue weighted by molar-refractivity contribution is 5.95. The Kier molecular flexibility index (Phi) is 6.44. The van der Waals surface area contributed by atoms with Gasteiger partial charge in [0.15, 0.2) is 0 Å². The molecule has 1 aromatic carbocycles. The topological polar surface area (TPSA) is 90.7 Å². The van der Waals surface area contributed by atoms with Crippen molar-refractivity contribution in [2.45, 2.75) is 18.4 Å². The third kappa shape index (κ3) is 4.09. The van der Waals surface area contributed by atoms with Gasteiger partial charge in [-0.05, 0) is 50.2 Å². The lowest BCUT2D eigenvalue weighted by molar-refractivity contribution is -0.144. The lowest BCUT2D eigenvalue weighted by atomic mass is 9.86. The Bertz CT molecular complexity index is 844. The van der Waals surface area contributed by atoms with Gasteiger partial charge in [0.25, 0.3) is 11.8 Å². The van der Waals surface area contributed by atoms with Gasteiger partial charge in [-0.1, -0.05) is 6.07 Å². The van der Waals surface area contributed by atoms with Gasteiger partial charge in [-0.25, -0.2) is 0 Å². The molecule has 4 rings (SSSR count). The lowest BCUT2D eigenvalue weighted by Crippen LogP contribution is -2.59. The highest BCUT2D eigenvalue weighted by Crippen LogP contribution is 2.30. The van der Waals surface area contributed by atoms with Crippen molar-refractivity contribution in [3.8, 4) is 5.75 Å². The summed E-state index contributed by atoms with van der Waals surface area (Å²) < 4.78 is 1.81. The molecule has 0 aliphatic carbocycles. The van der Waals surface area contributed by atoms with Gasteiger partial charge in [0, 0.05) is 44.1 Å². The number of carbonyl (C=O) groups is 2. The number of amides is 2. The molecule has 2 aliphatic heterocycles. The first kappa shape index (κ1) is 21.1. The molecular formula is C20H26ClN5O3. The minimum atomic E-state index is -0.647. The maximum atomic E-state index is 13.5. The van der Waals surface area contributed by atoms with E-state index in [1.165, 1.54) is 6.07 Å². The van der Waals surface area contributed by atoms with E-state index >= 15 is 0 Å². The summed E-state index contributed by atoms with van der Waals surface area (Å²) in [5, 5.41) is 17.3. The fraction of sp³-hybridized carbons (Fsp3) is 0.450. The number of piperazine rings is 1. The highest BCUT2D eigenvalue weighted by atomic mass is 35.5. The van der Waals surface area contributed by atoms with E-state index < -0.39 is 5.54 Å². The Morgan fingerprint density at radius 2 is 1.72 bits per heavy atom. The lowest BCUT2D eigenvalue weighted by Gasteiger charge is -2.43. The number of carbonyl (C=O) groups excluding carboxylic acids is 2. The molecule has 8 nitrogen and oxygen atoms in total. The van der Waals surface area contributed by atoms with Crippen molar-refractivity contribution in [2.24, 2.45) is 0 Å². The normalized spacial score (nSPS) is 18.8. The Hall–Kier alpha value is -2.58. The van der Waals surface area contributed by atoms with Crippen LogP contribution in [0.15, 0.2) is 42.7 Å². The Morgan fingerprint density at radius 1 is 1.03 bits per heavy atom. The van der Waals surface area contributed by atoms with Crippen LogP contribution in [0.5, 0.6) is 5.75 Å². The van der Waals surface area contributed by atoms with Gasteiger partial charge >= 0.3 is 0 Å². The van der Waals surface area contributed by atoms with Crippen LogP contribution in [0, 0.1) is 0 Å². The fourth-order valence-electron chi connectivity index (χ4n) is 4.13. The van der Waals surface area contributed by atoms with Gasteiger partial charge in [0.05, 0.1) is 0 Å². The Labute approximate surface area is 175 Å². The molecule has 0 unspecified atom stereocenters. The van der Waals surface area contributed by atoms with E-state index in [0.717, 1.165) is 13.1 Å². The molecule has 2 fully saturated rings. The van der Waals surface area contributed by atoms with Crippen molar-refractivity contribution in [2.75, 3.05) is 39.3 Å². The number of halogens is 1. The molecule has 2 N–H and O–H groups in total. The monoisotopic (exact) mass is 419 g/mol.